The normalized spacial score (nSPS) is 10.1. The largest absolute Gasteiger partial charge is 0.294 e. The second kappa shape index (κ2) is 5.17. The van der Waals surface area contributed by atoms with Gasteiger partial charge in [-0.25, -0.2) is 0 Å². The van der Waals surface area contributed by atoms with Crippen LogP contribution in [0.15, 0.2) is 27.6 Å². The number of alkyl halides is 1. The Bertz CT molecular complexity index is 325. The molecule has 0 spiro atoms. The van der Waals surface area contributed by atoms with Crippen LogP contribution in [-0.4, -0.2) is 11.1 Å². The van der Waals surface area contributed by atoms with Gasteiger partial charge in [-0.1, -0.05) is 31.9 Å². The molecule has 70 valence electrons. The van der Waals surface area contributed by atoms with Crippen LogP contribution < -0.4 is 0 Å². The van der Waals surface area contributed by atoms with Crippen LogP contribution in [0, 0.1) is 0 Å². The second-order valence-electron chi connectivity index (χ2n) is 2.52. The number of Topliss-reactive ketones (excluding diaryl/α,β-unsaturated/α-hetero) is 1. The van der Waals surface area contributed by atoms with E-state index in [4.69, 9.17) is 0 Å². The number of benzene rings is 1. The molecule has 0 aliphatic carbocycles. The van der Waals surface area contributed by atoms with Crippen LogP contribution in [-0.2, 0) is 0 Å². The molecular weight excluding hydrogens is 316 g/mol. The summed E-state index contributed by atoms with van der Waals surface area (Å²) < 4.78 is 0.938. The molecule has 0 heterocycles. The summed E-state index contributed by atoms with van der Waals surface area (Å²) in [7, 11) is 0. The first-order valence-corrected chi connectivity index (χ1v) is 6.09. The molecule has 1 aromatic carbocycles. The van der Waals surface area contributed by atoms with Gasteiger partial charge in [0.2, 0.25) is 0 Å². The number of halogens is 2. The van der Waals surface area contributed by atoms with Crippen molar-refractivity contribution in [2.24, 2.45) is 0 Å². The number of hydrogen-bond acceptors (Lipinski definition) is 2. The average Bonchev–Trinajstić information content (AvgIpc) is 2.04. The van der Waals surface area contributed by atoms with Crippen molar-refractivity contribution >= 4 is 50.3 Å². The molecule has 0 amide bonds. The minimum atomic E-state index is 0.120. The van der Waals surface area contributed by atoms with Crippen LogP contribution in [0.5, 0.6) is 0 Å². The third-order valence-corrected chi connectivity index (χ3v) is 2.84. The Morgan fingerprint density at radius 1 is 1.46 bits per heavy atom. The topological polar surface area (TPSA) is 17.1 Å². The van der Waals surface area contributed by atoms with Crippen molar-refractivity contribution in [3.63, 3.8) is 0 Å². The van der Waals surface area contributed by atoms with E-state index in [1.165, 1.54) is 0 Å². The van der Waals surface area contributed by atoms with Crippen molar-refractivity contribution in [3.05, 3.63) is 28.2 Å². The fraction of sp³-hybridized carbons (Fsp3) is 0.222. The van der Waals surface area contributed by atoms with Gasteiger partial charge >= 0.3 is 0 Å². The van der Waals surface area contributed by atoms with E-state index in [0.29, 0.717) is 17.3 Å². The Morgan fingerprint density at radius 3 is 2.69 bits per heavy atom. The molecule has 0 N–H and O–H groups in total. The summed E-state index contributed by atoms with van der Waals surface area (Å²) in [6, 6.07) is 5.46. The van der Waals surface area contributed by atoms with Gasteiger partial charge in [0.05, 0.1) is 0 Å². The van der Waals surface area contributed by atoms with E-state index in [0.717, 1.165) is 9.37 Å². The minimum Gasteiger partial charge on any atom is -0.294 e. The molecule has 0 unspecified atom stereocenters. The summed E-state index contributed by atoms with van der Waals surface area (Å²) in [5.74, 6) is 0.120. The lowest BCUT2D eigenvalue weighted by Crippen LogP contribution is -2.00. The average molecular weight is 324 g/mol. The van der Waals surface area contributed by atoms with Crippen LogP contribution in [0.4, 0.5) is 0 Å². The number of thiol groups is 1. The summed E-state index contributed by atoms with van der Waals surface area (Å²) in [5, 5.41) is 0.690. The Balaban J connectivity index is 2.95. The SMILES string of the molecule is O=C(CCBr)c1ccc(Br)cc1S. The molecule has 0 aromatic heterocycles. The summed E-state index contributed by atoms with van der Waals surface area (Å²) in [4.78, 5) is 12.2. The molecule has 0 aliphatic rings. The fourth-order valence-corrected chi connectivity index (χ4v) is 2.20. The number of carbonyl (C=O) groups excluding carboxylic acids is 1. The lowest BCUT2D eigenvalue weighted by molar-refractivity contribution is 0.0987. The monoisotopic (exact) mass is 322 g/mol. The molecule has 13 heavy (non-hydrogen) atoms. The third-order valence-electron chi connectivity index (χ3n) is 1.58. The third kappa shape index (κ3) is 3.11. The zero-order valence-corrected chi connectivity index (χ0v) is 10.8. The lowest BCUT2D eigenvalue weighted by Gasteiger charge is -2.02. The van der Waals surface area contributed by atoms with Gasteiger partial charge in [0.1, 0.15) is 0 Å². The molecule has 0 saturated heterocycles. The molecular formula is C9H8Br2OS. The predicted octanol–water partition coefficient (Wildman–Crippen LogP) is 3.71. The van der Waals surface area contributed by atoms with Crippen molar-refractivity contribution in [1.82, 2.24) is 0 Å². The quantitative estimate of drug-likeness (QED) is 0.510. The standard InChI is InChI=1S/C9H8Br2OS/c10-4-3-8(12)7-2-1-6(11)5-9(7)13/h1-2,5,13H,3-4H2. The first-order chi connectivity index (χ1) is 6.15. The molecule has 4 heteroatoms. The van der Waals surface area contributed by atoms with Gasteiger partial charge in [-0.3, -0.25) is 4.79 Å². The maximum atomic E-state index is 11.5. The number of carbonyl (C=O) groups is 1. The van der Waals surface area contributed by atoms with Gasteiger partial charge in [0.25, 0.3) is 0 Å². The Labute approximate surface area is 99.6 Å². The van der Waals surface area contributed by atoms with E-state index < -0.39 is 0 Å². The van der Waals surface area contributed by atoms with Crippen LogP contribution in [0.3, 0.4) is 0 Å². The van der Waals surface area contributed by atoms with Crippen molar-refractivity contribution in [1.29, 1.82) is 0 Å². The zero-order chi connectivity index (χ0) is 9.84. The number of rotatable bonds is 3. The highest BCUT2D eigenvalue weighted by Gasteiger charge is 2.08. The highest BCUT2D eigenvalue weighted by molar-refractivity contribution is 9.10. The van der Waals surface area contributed by atoms with E-state index in [1.807, 2.05) is 12.1 Å². The Morgan fingerprint density at radius 2 is 2.15 bits per heavy atom. The highest BCUT2D eigenvalue weighted by atomic mass is 79.9. The van der Waals surface area contributed by atoms with Crippen molar-refractivity contribution < 1.29 is 4.79 Å². The van der Waals surface area contributed by atoms with Crippen molar-refractivity contribution in [2.45, 2.75) is 11.3 Å². The van der Waals surface area contributed by atoms with Crippen LogP contribution >= 0.6 is 44.5 Å². The van der Waals surface area contributed by atoms with Gasteiger partial charge in [0.15, 0.2) is 5.78 Å². The molecule has 0 radical (unpaired) electrons. The molecule has 0 aliphatic heterocycles. The van der Waals surface area contributed by atoms with Crippen LogP contribution in [0.1, 0.15) is 16.8 Å². The van der Waals surface area contributed by atoms with Gasteiger partial charge in [-0.2, -0.15) is 0 Å². The number of ketones is 1. The highest BCUT2D eigenvalue weighted by Crippen LogP contribution is 2.21. The molecule has 1 aromatic rings. The summed E-state index contributed by atoms with van der Waals surface area (Å²) in [5.41, 5.74) is 0.686. The van der Waals surface area contributed by atoms with Gasteiger partial charge in [0, 0.05) is 26.7 Å². The maximum Gasteiger partial charge on any atom is 0.164 e. The van der Waals surface area contributed by atoms with Gasteiger partial charge < -0.3 is 0 Å². The van der Waals surface area contributed by atoms with Crippen molar-refractivity contribution in [2.75, 3.05) is 5.33 Å². The second-order valence-corrected chi connectivity index (χ2v) is 4.71. The Hall–Kier alpha value is 0.200. The van der Waals surface area contributed by atoms with E-state index in [-0.39, 0.29) is 5.78 Å². The summed E-state index contributed by atoms with van der Waals surface area (Å²) in [6.45, 7) is 0. The molecule has 0 saturated carbocycles. The van der Waals surface area contributed by atoms with Crippen LogP contribution in [0.2, 0.25) is 0 Å². The molecule has 0 fully saturated rings. The smallest absolute Gasteiger partial charge is 0.164 e. The fourth-order valence-electron chi connectivity index (χ4n) is 0.961. The van der Waals surface area contributed by atoms with E-state index >= 15 is 0 Å². The Kier molecular flexibility index (Phi) is 4.49. The minimum absolute atomic E-state index is 0.120. The summed E-state index contributed by atoms with van der Waals surface area (Å²) >= 11 is 10.8. The van der Waals surface area contributed by atoms with E-state index in [1.54, 1.807) is 6.07 Å². The summed E-state index contributed by atoms with van der Waals surface area (Å²) in [6.07, 6.45) is 0.509. The van der Waals surface area contributed by atoms with Crippen molar-refractivity contribution in [3.8, 4) is 0 Å². The first-order valence-electron chi connectivity index (χ1n) is 3.73. The molecule has 1 nitrogen and oxygen atoms in total. The first kappa shape index (κ1) is 11.3. The maximum absolute atomic E-state index is 11.5. The molecule has 0 atom stereocenters. The van der Waals surface area contributed by atoms with Gasteiger partial charge in [-0.15, -0.1) is 12.6 Å². The van der Waals surface area contributed by atoms with E-state index in [9.17, 15) is 4.79 Å². The molecule has 1 rings (SSSR count). The van der Waals surface area contributed by atoms with E-state index in [2.05, 4.69) is 44.5 Å². The van der Waals surface area contributed by atoms with Gasteiger partial charge in [-0.05, 0) is 18.2 Å². The molecule has 0 bridgehead atoms. The van der Waals surface area contributed by atoms with Crippen LogP contribution in [0.25, 0.3) is 0 Å². The lowest BCUT2D eigenvalue weighted by atomic mass is 10.1. The zero-order valence-electron chi connectivity index (χ0n) is 6.76. The predicted molar refractivity (Wildman–Crippen MR) is 64.1 cm³/mol. The number of hydrogen-bond donors (Lipinski definition) is 1.